The molecule has 2 aliphatic rings. The van der Waals surface area contributed by atoms with Crippen LogP contribution in [-0.2, 0) is 4.74 Å². The zero-order valence-corrected chi connectivity index (χ0v) is 11.2. The third-order valence-electron chi connectivity index (χ3n) is 3.93. The molecule has 112 valence electrons. The number of aliphatic hydroxyl groups excluding tert-OH is 2. The summed E-state index contributed by atoms with van der Waals surface area (Å²) in [7, 11) is 1.77. The van der Waals surface area contributed by atoms with Crippen LogP contribution < -0.4 is 16.2 Å². The normalized spacial score (nSPS) is 31.5. The maximum atomic E-state index is 10.2. The highest BCUT2D eigenvalue weighted by atomic mass is 16.5. The predicted molar refractivity (Wildman–Crippen MR) is 72.1 cm³/mol. The van der Waals surface area contributed by atoms with Gasteiger partial charge in [0.25, 0.3) is 0 Å². The minimum atomic E-state index is -0.841. The van der Waals surface area contributed by atoms with Crippen LogP contribution >= 0.6 is 0 Å². The molecule has 2 aromatic rings. The lowest BCUT2D eigenvalue weighted by Crippen LogP contribution is -2.55. The van der Waals surface area contributed by atoms with Crippen LogP contribution in [0.2, 0.25) is 0 Å². The molecule has 21 heavy (non-hydrogen) atoms. The number of fused-ring (bicyclic) bond motifs is 5. The van der Waals surface area contributed by atoms with Gasteiger partial charge in [-0.25, -0.2) is 20.4 Å². The van der Waals surface area contributed by atoms with Crippen molar-refractivity contribution in [1.29, 1.82) is 0 Å². The van der Waals surface area contributed by atoms with Crippen molar-refractivity contribution >= 4 is 22.9 Å². The molecular weight excluding hydrogens is 278 g/mol. The lowest BCUT2D eigenvalue weighted by Gasteiger charge is -2.35. The highest BCUT2D eigenvalue weighted by Crippen LogP contribution is 2.38. The SMILES string of the molecule is CN1N[C@H]2[C@H](O)[C@@H](CO)O[C@H]2n2c1nc1c(N)ncnc12. The average molecular weight is 293 g/mol. The molecule has 0 spiro atoms. The van der Waals surface area contributed by atoms with Gasteiger partial charge in [0.2, 0.25) is 5.95 Å². The molecule has 0 saturated carbocycles. The number of nitrogens with one attached hydrogen (secondary N) is 1. The number of anilines is 2. The topological polar surface area (TPSA) is 135 Å². The van der Waals surface area contributed by atoms with Gasteiger partial charge >= 0.3 is 0 Å². The first kappa shape index (κ1) is 12.7. The number of imidazole rings is 1. The van der Waals surface area contributed by atoms with Gasteiger partial charge in [-0.05, 0) is 0 Å². The molecular formula is C11H15N7O3. The van der Waals surface area contributed by atoms with Crippen LogP contribution in [0.3, 0.4) is 0 Å². The standard InChI is InChI=1S/C11H15N7O3/c1-17-11-15-6-8(12)13-3-14-9(6)18(11)10-5(16-17)7(20)4(2-19)21-10/h3-5,7,10,16,19-20H,2H2,1H3,(H2,12,13,14)/t4-,5+,7-,10-/m1/s1. The first-order valence-electron chi connectivity index (χ1n) is 6.54. The van der Waals surface area contributed by atoms with E-state index in [9.17, 15) is 10.2 Å². The Labute approximate surface area is 119 Å². The molecule has 0 aromatic carbocycles. The minimum absolute atomic E-state index is 0.265. The van der Waals surface area contributed by atoms with E-state index >= 15 is 0 Å². The van der Waals surface area contributed by atoms with E-state index in [4.69, 9.17) is 10.5 Å². The van der Waals surface area contributed by atoms with Gasteiger partial charge < -0.3 is 20.7 Å². The lowest BCUT2D eigenvalue weighted by molar-refractivity contribution is -0.0449. The van der Waals surface area contributed by atoms with E-state index in [1.165, 1.54) is 6.33 Å². The lowest BCUT2D eigenvalue weighted by atomic mass is 10.1. The molecule has 10 nitrogen and oxygen atoms in total. The molecule has 4 atom stereocenters. The number of nitrogens with two attached hydrogens (primary N) is 1. The Morgan fingerprint density at radius 2 is 2.29 bits per heavy atom. The van der Waals surface area contributed by atoms with Crippen LogP contribution in [0, 0.1) is 0 Å². The summed E-state index contributed by atoms with van der Waals surface area (Å²) in [6.07, 6.45) is -0.670. The van der Waals surface area contributed by atoms with Crippen LogP contribution in [0.15, 0.2) is 6.33 Å². The van der Waals surface area contributed by atoms with Crippen LogP contribution in [0.1, 0.15) is 6.23 Å². The molecule has 10 heteroatoms. The molecule has 1 saturated heterocycles. The third kappa shape index (κ3) is 1.58. The number of ether oxygens (including phenoxy) is 1. The number of hydrogen-bond acceptors (Lipinski definition) is 9. The Balaban J connectivity index is 1.92. The van der Waals surface area contributed by atoms with Gasteiger partial charge in [-0.3, -0.25) is 9.58 Å². The van der Waals surface area contributed by atoms with E-state index in [2.05, 4.69) is 20.4 Å². The summed E-state index contributed by atoms with van der Waals surface area (Å²) >= 11 is 0. The summed E-state index contributed by atoms with van der Waals surface area (Å²) in [5.41, 5.74) is 9.95. The van der Waals surface area contributed by atoms with Crippen molar-refractivity contribution in [2.75, 3.05) is 24.4 Å². The van der Waals surface area contributed by atoms with Crippen molar-refractivity contribution in [3.8, 4) is 0 Å². The van der Waals surface area contributed by atoms with Crippen LogP contribution in [0.5, 0.6) is 0 Å². The molecule has 0 amide bonds. The number of aromatic nitrogens is 4. The quantitative estimate of drug-likeness (QED) is 0.470. The van der Waals surface area contributed by atoms with Gasteiger partial charge in [-0.1, -0.05) is 0 Å². The maximum Gasteiger partial charge on any atom is 0.224 e. The summed E-state index contributed by atoms with van der Waals surface area (Å²) < 4.78 is 7.50. The zero-order valence-electron chi connectivity index (χ0n) is 11.2. The average Bonchev–Trinajstić information content (AvgIpc) is 3.00. The summed E-state index contributed by atoms with van der Waals surface area (Å²) in [5, 5.41) is 21.2. The summed E-state index contributed by atoms with van der Waals surface area (Å²) in [6.45, 7) is -0.265. The molecule has 0 bridgehead atoms. The van der Waals surface area contributed by atoms with Gasteiger partial charge in [-0.15, -0.1) is 0 Å². The molecule has 1 fully saturated rings. The fraction of sp³-hybridized carbons (Fsp3) is 0.545. The van der Waals surface area contributed by atoms with Gasteiger partial charge in [0, 0.05) is 7.05 Å². The van der Waals surface area contributed by atoms with Crippen molar-refractivity contribution in [3.05, 3.63) is 6.33 Å². The number of nitrogen functional groups attached to an aromatic ring is 1. The van der Waals surface area contributed by atoms with Crippen molar-refractivity contribution in [2.24, 2.45) is 0 Å². The third-order valence-corrected chi connectivity index (χ3v) is 3.93. The van der Waals surface area contributed by atoms with E-state index in [0.717, 1.165) is 0 Å². The molecule has 4 rings (SSSR count). The van der Waals surface area contributed by atoms with Crippen molar-refractivity contribution in [3.63, 3.8) is 0 Å². The Hall–Kier alpha value is -2.01. The minimum Gasteiger partial charge on any atom is -0.394 e. The van der Waals surface area contributed by atoms with Gasteiger partial charge in [0.1, 0.15) is 24.6 Å². The molecule has 2 aliphatic heterocycles. The predicted octanol–water partition coefficient (Wildman–Crippen LogP) is -2.02. The highest BCUT2D eigenvalue weighted by Gasteiger charge is 2.49. The van der Waals surface area contributed by atoms with Crippen LogP contribution in [0.25, 0.3) is 11.2 Å². The molecule has 0 radical (unpaired) electrons. The second kappa shape index (κ2) is 4.24. The maximum absolute atomic E-state index is 10.2. The Morgan fingerprint density at radius 1 is 1.48 bits per heavy atom. The second-order valence-electron chi connectivity index (χ2n) is 5.17. The summed E-state index contributed by atoms with van der Waals surface area (Å²) in [5.74, 6) is 0.841. The largest absolute Gasteiger partial charge is 0.394 e. The Bertz CT molecular complexity index is 704. The molecule has 0 aliphatic carbocycles. The summed E-state index contributed by atoms with van der Waals surface area (Å²) in [6, 6.07) is -0.409. The fourth-order valence-electron chi connectivity index (χ4n) is 2.92. The number of aliphatic hydroxyl groups is 2. The van der Waals surface area contributed by atoms with E-state index in [1.54, 1.807) is 16.6 Å². The molecule has 5 N–H and O–H groups in total. The molecule has 2 aromatic heterocycles. The van der Waals surface area contributed by atoms with E-state index < -0.39 is 24.5 Å². The van der Waals surface area contributed by atoms with Crippen LogP contribution in [-0.4, -0.2) is 61.6 Å². The first-order chi connectivity index (χ1) is 10.1. The number of rotatable bonds is 1. The second-order valence-corrected chi connectivity index (χ2v) is 5.17. The summed E-state index contributed by atoms with van der Waals surface area (Å²) in [4.78, 5) is 12.6. The number of nitrogens with zero attached hydrogens (tertiary/aromatic N) is 5. The van der Waals surface area contributed by atoms with Gasteiger partial charge in [0.05, 0.1) is 6.61 Å². The first-order valence-corrected chi connectivity index (χ1v) is 6.54. The van der Waals surface area contributed by atoms with Crippen molar-refractivity contribution < 1.29 is 14.9 Å². The number of hydrazine groups is 1. The van der Waals surface area contributed by atoms with E-state index in [-0.39, 0.29) is 12.4 Å². The fourth-order valence-corrected chi connectivity index (χ4v) is 2.92. The Morgan fingerprint density at radius 3 is 3.05 bits per heavy atom. The molecule has 0 unspecified atom stereocenters. The van der Waals surface area contributed by atoms with E-state index in [1.807, 2.05) is 0 Å². The van der Waals surface area contributed by atoms with Crippen molar-refractivity contribution in [2.45, 2.75) is 24.5 Å². The van der Waals surface area contributed by atoms with E-state index in [0.29, 0.717) is 17.1 Å². The van der Waals surface area contributed by atoms with Gasteiger partial charge in [0.15, 0.2) is 23.2 Å². The number of hydrogen-bond donors (Lipinski definition) is 4. The monoisotopic (exact) mass is 293 g/mol. The van der Waals surface area contributed by atoms with Crippen LogP contribution in [0.4, 0.5) is 11.8 Å². The smallest absolute Gasteiger partial charge is 0.224 e. The highest BCUT2D eigenvalue weighted by molar-refractivity contribution is 5.84. The zero-order chi connectivity index (χ0) is 14.7. The molecule has 4 heterocycles. The Kier molecular flexibility index (Phi) is 2.57. The van der Waals surface area contributed by atoms with Crippen molar-refractivity contribution in [1.82, 2.24) is 24.9 Å². The van der Waals surface area contributed by atoms with Gasteiger partial charge in [-0.2, -0.15) is 0 Å².